The Morgan fingerprint density at radius 3 is 2.50 bits per heavy atom. The van der Waals surface area contributed by atoms with E-state index in [0.717, 1.165) is 25.2 Å². The number of benzene rings is 2. The fourth-order valence-electron chi connectivity index (χ4n) is 3.44. The maximum Gasteiger partial charge on any atom is 0.261 e. The Hall–Kier alpha value is -2.66. The van der Waals surface area contributed by atoms with Crippen LogP contribution >= 0.6 is 0 Å². The van der Waals surface area contributed by atoms with Gasteiger partial charge in [0.05, 0.1) is 0 Å². The Morgan fingerprint density at radius 2 is 1.79 bits per heavy atom. The topological polar surface area (TPSA) is 58.6 Å². The number of ketones is 1. The molecule has 0 bridgehead atoms. The highest BCUT2D eigenvalue weighted by Gasteiger charge is 2.17. The molecular weight excluding hydrogens is 352 g/mol. The van der Waals surface area contributed by atoms with Crippen LogP contribution in [0.3, 0.4) is 0 Å². The summed E-state index contributed by atoms with van der Waals surface area (Å²) in [6.07, 6.45) is 1.88. The normalized spacial score (nSPS) is 15.2. The number of hydrogen-bond acceptors (Lipinski definition) is 4. The predicted molar refractivity (Wildman–Crippen MR) is 109 cm³/mol. The first-order valence-corrected chi connectivity index (χ1v) is 9.87. The average Bonchev–Trinajstić information content (AvgIpc) is 3.20. The van der Waals surface area contributed by atoms with Crippen LogP contribution in [0.4, 0.5) is 0 Å². The molecule has 0 saturated carbocycles. The fraction of sp³-hybridized carbons (Fsp3) is 0.391. The van der Waals surface area contributed by atoms with E-state index < -0.39 is 6.10 Å². The first kappa shape index (κ1) is 20.1. The van der Waals surface area contributed by atoms with Gasteiger partial charge in [-0.1, -0.05) is 36.4 Å². The van der Waals surface area contributed by atoms with Crippen LogP contribution in [0, 0.1) is 0 Å². The molecule has 5 nitrogen and oxygen atoms in total. The molecule has 2 aromatic rings. The van der Waals surface area contributed by atoms with E-state index in [9.17, 15) is 9.59 Å². The molecule has 1 N–H and O–H groups in total. The number of carbonyl (C=O) groups is 2. The molecule has 1 aliphatic rings. The summed E-state index contributed by atoms with van der Waals surface area (Å²) < 4.78 is 5.72. The monoisotopic (exact) mass is 380 g/mol. The zero-order chi connectivity index (χ0) is 19.9. The molecule has 1 amide bonds. The quantitative estimate of drug-likeness (QED) is 0.712. The standard InChI is InChI=1S/C23H28N2O3/c1-17(26)19-10-7-11-22(14-19)28-18(2)23(27)24-15-20-8-3-4-9-21(20)16-25-12-5-6-13-25/h3-4,7-11,14,18H,5-6,12-13,15-16H2,1-2H3,(H,24,27). The number of nitrogens with zero attached hydrogens (tertiary/aromatic N) is 1. The number of ether oxygens (including phenoxy) is 1. The summed E-state index contributed by atoms with van der Waals surface area (Å²) in [6, 6.07) is 15.1. The highest BCUT2D eigenvalue weighted by Crippen LogP contribution is 2.17. The van der Waals surface area contributed by atoms with E-state index in [2.05, 4.69) is 22.3 Å². The van der Waals surface area contributed by atoms with Crippen LogP contribution < -0.4 is 10.1 Å². The second kappa shape index (κ2) is 9.51. The van der Waals surface area contributed by atoms with E-state index in [4.69, 9.17) is 4.74 Å². The smallest absolute Gasteiger partial charge is 0.261 e. The molecule has 5 heteroatoms. The minimum Gasteiger partial charge on any atom is -0.481 e. The number of nitrogens with one attached hydrogen (secondary N) is 1. The van der Waals surface area contributed by atoms with E-state index >= 15 is 0 Å². The van der Waals surface area contributed by atoms with Gasteiger partial charge >= 0.3 is 0 Å². The van der Waals surface area contributed by atoms with Crippen LogP contribution in [0.2, 0.25) is 0 Å². The molecule has 0 radical (unpaired) electrons. The minimum absolute atomic E-state index is 0.0304. The first-order chi connectivity index (χ1) is 13.5. The molecule has 28 heavy (non-hydrogen) atoms. The van der Waals surface area contributed by atoms with E-state index in [1.807, 2.05) is 12.1 Å². The fourth-order valence-corrected chi connectivity index (χ4v) is 3.44. The maximum absolute atomic E-state index is 12.5. The Kier molecular flexibility index (Phi) is 6.82. The molecule has 1 fully saturated rings. The van der Waals surface area contributed by atoms with Crippen molar-refractivity contribution < 1.29 is 14.3 Å². The van der Waals surface area contributed by atoms with Crippen molar-refractivity contribution in [2.24, 2.45) is 0 Å². The number of carbonyl (C=O) groups excluding carboxylic acids is 2. The lowest BCUT2D eigenvalue weighted by Gasteiger charge is -2.19. The Morgan fingerprint density at radius 1 is 1.07 bits per heavy atom. The molecule has 1 saturated heterocycles. The van der Waals surface area contributed by atoms with Gasteiger partial charge in [0.2, 0.25) is 0 Å². The minimum atomic E-state index is -0.645. The zero-order valence-corrected chi connectivity index (χ0v) is 16.6. The molecule has 1 heterocycles. The highest BCUT2D eigenvalue weighted by molar-refractivity contribution is 5.94. The van der Waals surface area contributed by atoms with E-state index in [-0.39, 0.29) is 11.7 Å². The van der Waals surface area contributed by atoms with Gasteiger partial charge < -0.3 is 10.1 Å². The van der Waals surface area contributed by atoms with Crippen LogP contribution in [0.1, 0.15) is 48.2 Å². The molecule has 2 aromatic carbocycles. The van der Waals surface area contributed by atoms with Gasteiger partial charge in [-0.3, -0.25) is 14.5 Å². The number of rotatable bonds is 8. The third kappa shape index (κ3) is 5.42. The largest absolute Gasteiger partial charge is 0.481 e. The molecule has 148 valence electrons. The lowest BCUT2D eigenvalue weighted by molar-refractivity contribution is -0.127. The van der Waals surface area contributed by atoms with Crippen molar-refractivity contribution in [1.29, 1.82) is 0 Å². The van der Waals surface area contributed by atoms with Crippen molar-refractivity contribution in [2.75, 3.05) is 13.1 Å². The third-order valence-electron chi connectivity index (χ3n) is 5.09. The van der Waals surface area contributed by atoms with Gasteiger partial charge in [-0.25, -0.2) is 0 Å². The van der Waals surface area contributed by atoms with Crippen molar-refractivity contribution >= 4 is 11.7 Å². The van der Waals surface area contributed by atoms with Gasteiger partial charge in [-0.15, -0.1) is 0 Å². The second-order valence-corrected chi connectivity index (χ2v) is 7.31. The van der Waals surface area contributed by atoms with Crippen LogP contribution in [-0.2, 0) is 17.9 Å². The molecule has 0 spiro atoms. The molecular formula is C23H28N2O3. The summed E-state index contributed by atoms with van der Waals surface area (Å²) in [7, 11) is 0. The van der Waals surface area contributed by atoms with Gasteiger partial charge in [-0.2, -0.15) is 0 Å². The van der Waals surface area contributed by atoms with Crippen molar-refractivity contribution in [1.82, 2.24) is 10.2 Å². The maximum atomic E-state index is 12.5. The van der Waals surface area contributed by atoms with Gasteiger partial charge in [0, 0.05) is 18.7 Å². The summed E-state index contributed by atoms with van der Waals surface area (Å²) in [5.41, 5.74) is 2.96. The van der Waals surface area contributed by atoms with Gasteiger partial charge in [0.15, 0.2) is 11.9 Å². The van der Waals surface area contributed by atoms with Gasteiger partial charge in [0.1, 0.15) is 5.75 Å². The third-order valence-corrected chi connectivity index (χ3v) is 5.09. The summed E-state index contributed by atoms with van der Waals surface area (Å²) in [5, 5.41) is 2.97. The van der Waals surface area contributed by atoms with Gasteiger partial charge in [0.25, 0.3) is 5.91 Å². The molecule has 1 unspecified atom stereocenters. The van der Waals surface area contributed by atoms with Crippen LogP contribution in [0.5, 0.6) is 5.75 Å². The number of Topliss-reactive ketones (excluding diaryl/α,β-unsaturated/α-hetero) is 1. The Labute approximate surface area is 166 Å². The second-order valence-electron chi connectivity index (χ2n) is 7.31. The SMILES string of the molecule is CC(=O)c1cccc(OC(C)C(=O)NCc2ccccc2CN2CCCC2)c1. The molecule has 3 rings (SSSR count). The Bertz CT molecular complexity index is 828. The van der Waals surface area contributed by atoms with Crippen molar-refractivity contribution in [2.45, 2.75) is 45.9 Å². The predicted octanol–water partition coefficient (Wildman–Crippen LogP) is 3.57. The van der Waals surface area contributed by atoms with E-state index in [1.54, 1.807) is 31.2 Å². The number of amides is 1. The number of hydrogen-bond donors (Lipinski definition) is 1. The van der Waals surface area contributed by atoms with Crippen molar-refractivity contribution in [3.05, 3.63) is 65.2 Å². The average molecular weight is 380 g/mol. The number of likely N-dealkylation sites (tertiary alicyclic amines) is 1. The van der Waals surface area contributed by atoms with Crippen LogP contribution in [-0.4, -0.2) is 35.8 Å². The summed E-state index contributed by atoms with van der Waals surface area (Å²) in [4.78, 5) is 26.4. The summed E-state index contributed by atoms with van der Waals surface area (Å²) in [6.45, 7) is 6.91. The molecule has 1 atom stereocenters. The first-order valence-electron chi connectivity index (χ1n) is 9.87. The lowest BCUT2D eigenvalue weighted by atomic mass is 10.1. The molecule has 0 aliphatic carbocycles. The molecule has 1 aliphatic heterocycles. The summed E-state index contributed by atoms with van der Waals surface area (Å²) in [5.74, 6) is 0.311. The van der Waals surface area contributed by atoms with Crippen molar-refractivity contribution in [3.63, 3.8) is 0 Å². The molecule has 0 aromatic heterocycles. The van der Waals surface area contributed by atoms with Crippen LogP contribution in [0.15, 0.2) is 48.5 Å². The van der Waals surface area contributed by atoms with E-state index in [0.29, 0.717) is 17.9 Å². The van der Waals surface area contributed by atoms with Crippen LogP contribution in [0.25, 0.3) is 0 Å². The summed E-state index contributed by atoms with van der Waals surface area (Å²) >= 11 is 0. The van der Waals surface area contributed by atoms with Gasteiger partial charge in [-0.05, 0) is 63.0 Å². The Balaban J connectivity index is 1.56. The zero-order valence-electron chi connectivity index (χ0n) is 16.6. The van der Waals surface area contributed by atoms with E-state index in [1.165, 1.54) is 25.3 Å². The highest BCUT2D eigenvalue weighted by atomic mass is 16.5. The lowest BCUT2D eigenvalue weighted by Crippen LogP contribution is -2.36. The van der Waals surface area contributed by atoms with Crippen molar-refractivity contribution in [3.8, 4) is 5.75 Å².